The minimum atomic E-state index is 0.141. The fourth-order valence-electron chi connectivity index (χ4n) is 1.29. The number of nitriles is 2. The van der Waals surface area contributed by atoms with Gasteiger partial charge in [-0.25, -0.2) is 0 Å². The van der Waals surface area contributed by atoms with Crippen molar-refractivity contribution in [2.75, 3.05) is 0 Å². The Bertz CT molecular complexity index is 420. The van der Waals surface area contributed by atoms with Gasteiger partial charge in [0.25, 0.3) is 0 Å². The molecule has 14 heavy (non-hydrogen) atoms. The summed E-state index contributed by atoms with van der Waals surface area (Å²) in [7, 11) is 0. The highest BCUT2D eigenvalue weighted by atomic mass is 14.3. The average Bonchev–Trinajstić information content (AvgIpc) is 2.18. The molecule has 0 unspecified atom stereocenters. The number of hydrogen-bond donors (Lipinski definition) is 0. The van der Waals surface area contributed by atoms with Crippen LogP contribution >= 0.6 is 0 Å². The third-order valence-electron chi connectivity index (χ3n) is 2.07. The van der Waals surface area contributed by atoms with E-state index in [1.165, 1.54) is 0 Å². The average molecular weight is 182 g/mol. The number of benzene rings is 1. The largest absolute Gasteiger partial charge is 0.192 e. The highest BCUT2D eigenvalue weighted by molar-refractivity contribution is 5.66. The molecular weight excluding hydrogens is 172 g/mol. The molecule has 0 fully saturated rings. The summed E-state index contributed by atoms with van der Waals surface area (Å²) in [5.41, 5.74) is 3.26. The van der Waals surface area contributed by atoms with Gasteiger partial charge in [0.05, 0.1) is 0 Å². The van der Waals surface area contributed by atoms with E-state index in [2.05, 4.69) is 0 Å². The Morgan fingerprint density at radius 1 is 1.14 bits per heavy atom. The molecule has 0 aromatic heterocycles. The molecule has 0 radical (unpaired) electrons. The lowest BCUT2D eigenvalue weighted by molar-refractivity contribution is 1.35. The van der Waals surface area contributed by atoms with Crippen LogP contribution in [0.15, 0.2) is 23.8 Å². The maximum absolute atomic E-state index is 8.63. The van der Waals surface area contributed by atoms with Crippen LogP contribution in [0.3, 0.4) is 0 Å². The molecule has 0 saturated heterocycles. The van der Waals surface area contributed by atoms with E-state index in [-0.39, 0.29) is 5.57 Å². The van der Waals surface area contributed by atoms with Crippen LogP contribution in [0.4, 0.5) is 0 Å². The molecule has 0 amide bonds. The highest BCUT2D eigenvalue weighted by Crippen LogP contribution is 2.16. The number of hydrogen-bond acceptors (Lipinski definition) is 2. The van der Waals surface area contributed by atoms with E-state index in [1.54, 1.807) is 6.08 Å². The van der Waals surface area contributed by atoms with Crippen molar-refractivity contribution in [1.82, 2.24) is 0 Å². The molecule has 0 bridgehead atoms. The molecule has 0 saturated carbocycles. The zero-order chi connectivity index (χ0) is 10.6. The predicted octanol–water partition coefficient (Wildman–Crippen LogP) is 2.73. The summed E-state index contributed by atoms with van der Waals surface area (Å²) in [6, 6.07) is 9.60. The van der Waals surface area contributed by atoms with E-state index in [4.69, 9.17) is 10.5 Å². The first-order valence-corrected chi connectivity index (χ1v) is 4.27. The van der Waals surface area contributed by atoms with Crippen LogP contribution in [-0.2, 0) is 0 Å². The summed E-state index contributed by atoms with van der Waals surface area (Å²) in [6.45, 7) is 3.93. The van der Waals surface area contributed by atoms with Crippen molar-refractivity contribution in [3.8, 4) is 12.1 Å². The molecule has 0 aliphatic rings. The van der Waals surface area contributed by atoms with Crippen molar-refractivity contribution in [1.29, 1.82) is 10.5 Å². The standard InChI is InChI=1S/C12H10N2/c1-9-4-3-5-10(2)12(9)6-11(7-13)8-14/h3-6H,1-2H3. The molecule has 1 aromatic carbocycles. The van der Waals surface area contributed by atoms with Gasteiger partial charge in [-0.15, -0.1) is 0 Å². The third-order valence-corrected chi connectivity index (χ3v) is 2.07. The number of rotatable bonds is 1. The van der Waals surface area contributed by atoms with Gasteiger partial charge in [0.15, 0.2) is 0 Å². The molecule has 2 nitrogen and oxygen atoms in total. The summed E-state index contributed by atoms with van der Waals surface area (Å²) >= 11 is 0. The van der Waals surface area contributed by atoms with Gasteiger partial charge >= 0.3 is 0 Å². The normalized spacial score (nSPS) is 8.57. The van der Waals surface area contributed by atoms with E-state index in [9.17, 15) is 0 Å². The summed E-state index contributed by atoms with van der Waals surface area (Å²) < 4.78 is 0. The molecule has 0 aliphatic carbocycles. The molecule has 0 atom stereocenters. The maximum Gasteiger partial charge on any atom is 0.130 e. The minimum absolute atomic E-state index is 0.141. The zero-order valence-electron chi connectivity index (χ0n) is 8.20. The van der Waals surface area contributed by atoms with Crippen molar-refractivity contribution in [3.63, 3.8) is 0 Å². The molecular formula is C12H10N2. The Morgan fingerprint density at radius 2 is 1.64 bits per heavy atom. The van der Waals surface area contributed by atoms with Crippen LogP contribution in [0.5, 0.6) is 0 Å². The SMILES string of the molecule is Cc1cccc(C)c1C=C(C#N)C#N. The molecule has 0 aliphatic heterocycles. The van der Waals surface area contributed by atoms with Crippen molar-refractivity contribution < 1.29 is 0 Å². The fourth-order valence-corrected chi connectivity index (χ4v) is 1.29. The van der Waals surface area contributed by atoms with Crippen LogP contribution in [0, 0.1) is 36.5 Å². The van der Waals surface area contributed by atoms with Crippen LogP contribution < -0.4 is 0 Å². The summed E-state index contributed by atoms with van der Waals surface area (Å²) in [5, 5.41) is 17.3. The van der Waals surface area contributed by atoms with Crippen molar-refractivity contribution in [3.05, 3.63) is 40.5 Å². The molecule has 1 aromatic rings. The van der Waals surface area contributed by atoms with Crippen molar-refractivity contribution in [2.24, 2.45) is 0 Å². The summed E-state index contributed by atoms with van der Waals surface area (Å²) in [4.78, 5) is 0. The topological polar surface area (TPSA) is 47.6 Å². The predicted molar refractivity (Wildman–Crippen MR) is 55.1 cm³/mol. The first-order chi connectivity index (χ1) is 6.69. The van der Waals surface area contributed by atoms with Gasteiger partial charge in [-0.05, 0) is 36.6 Å². The van der Waals surface area contributed by atoms with E-state index in [1.807, 2.05) is 44.2 Å². The Labute approximate surface area is 83.7 Å². The first-order valence-electron chi connectivity index (χ1n) is 4.27. The van der Waals surface area contributed by atoms with Gasteiger partial charge in [-0.1, -0.05) is 18.2 Å². The number of allylic oxidation sites excluding steroid dienone is 1. The van der Waals surface area contributed by atoms with Gasteiger partial charge in [-0.3, -0.25) is 0 Å². The van der Waals surface area contributed by atoms with Crippen molar-refractivity contribution >= 4 is 6.08 Å². The molecule has 0 heterocycles. The Balaban J connectivity index is 3.30. The van der Waals surface area contributed by atoms with Gasteiger partial charge in [0, 0.05) is 0 Å². The highest BCUT2D eigenvalue weighted by Gasteiger charge is 2.00. The monoisotopic (exact) mass is 182 g/mol. The Morgan fingerprint density at radius 3 is 2.07 bits per heavy atom. The van der Waals surface area contributed by atoms with Gasteiger partial charge in [0.1, 0.15) is 17.7 Å². The van der Waals surface area contributed by atoms with Gasteiger partial charge < -0.3 is 0 Å². The lowest BCUT2D eigenvalue weighted by Crippen LogP contribution is -1.86. The van der Waals surface area contributed by atoms with Crippen LogP contribution in [0.2, 0.25) is 0 Å². The van der Waals surface area contributed by atoms with E-state index in [0.29, 0.717) is 0 Å². The lowest BCUT2D eigenvalue weighted by atomic mass is 10.0. The van der Waals surface area contributed by atoms with Crippen LogP contribution in [0.1, 0.15) is 16.7 Å². The number of aryl methyl sites for hydroxylation is 2. The lowest BCUT2D eigenvalue weighted by Gasteiger charge is -2.03. The molecule has 0 spiro atoms. The molecule has 2 heteroatoms. The fraction of sp³-hybridized carbons (Fsp3) is 0.167. The quantitative estimate of drug-likeness (QED) is 0.627. The second-order valence-electron chi connectivity index (χ2n) is 3.09. The molecule has 1 rings (SSSR count). The Kier molecular flexibility index (Phi) is 3.05. The summed E-state index contributed by atoms with van der Waals surface area (Å²) in [6.07, 6.45) is 1.63. The first kappa shape index (κ1) is 10.0. The summed E-state index contributed by atoms with van der Waals surface area (Å²) in [5.74, 6) is 0. The third kappa shape index (κ3) is 2.00. The van der Waals surface area contributed by atoms with E-state index >= 15 is 0 Å². The molecule has 68 valence electrons. The second-order valence-corrected chi connectivity index (χ2v) is 3.09. The van der Waals surface area contributed by atoms with Crippen LogP contribution in [-0.4, -0.2) is 0 Å². The van der Waals surface area contributed by atoms with E-state index < -0.39 is 0 Å². The van der Waals surface area contributed by atoms with E-state index in [0.717, 1.165) is 16.7 Å². The van der Waals surface area contributed by atoms with Crippen LogP contribution in [0.25, 0.3) is 6.08 Å². The van der Waals surface area contributed by atoms with Gasteiger partial charge in [0.2, 0.25) is 0 Å². The smallest absolute Gasteiger partial charge is 0.130 e. The van der Waals surface area contributed by atoms with Gasteiger partial charge in [-0.2, -0.15) is 10.5 Å². The maximum atomic E-state index is 8.63. The zero-order valence-corrected chi connectivity index (χ0v) is 8.20. The number of nitrogens with zero attached hydrogens (tertiary/aromatic N) is 2. The second kappa shape index (κ2) is 4.25. The minimum Gasteiger partial charge on any atom is -0.192 e. The molecule has 0 N–H and O–H groups in total. The van der Waals surface area contributed by atoms with Crippen molar-refractivity contribution in [2.45, 2.75) is 13.8 Å². The Hall–Kier alpha value is -2.06.